The van der Waals surface area contributed by atoms with Gasteiger partial charge in [0.25, 0.3) is 0 Å². The van der Waals surface area contributed by atoms with Crippen LogP contribution in [-0.4, -0.2) is 64.4 Å². The fourth-order valence-corrected chi connectivity index (χ4v) is 1.23. The van der Waals surface area contributed by atoms with Gasteiger partial charge in [-0.15, -0.1) is 36.3 Å². The van der Waals surface area contributed by atoms with Crippen LogP contribution in [0, 0.1) is 10.2 Å². The number of hydrogen-bond acceptors (Lipinski definition) is 8. The summed E-state index contributed by atoms with van der Waals surface area (Å²) in [6, 6.07) is 0. The molecule has 0 aromatic rings. The van der Waals surface area contributed by atoms with E-state index in [2.05, 4.69) is 10.6 Å². The summed E-state index contributed by atoms with van der Waals surface area (Å²) in [5, 5.41) is 25.5. The summed E-state index contributed by atoms with van der Waals surface area (Å²) in [5.41, 5.74) is 0.870. The second-order valence-electron chi connectivity index (χ2n) is 5.65. The fourth-order valence-electron chi connectivity index (χ4n) is 0.994. The Balaban J connectivity index is -0.000000103. The number of halogens is 3. The number of rotatable bonds is 9. The van der Waals surface area contributed by atoms with E-state index in [0.717, 1.165) is 26.2 Å². The third kappa shape index (κ3) is 47.4. The SMILES string of the molecule is CC(=O)/C(C)=C(/C)O.CC(=O)/C(C)=C(/C)O.ClCC[N-]CC[N-]CCCl.[Co+2].[O-][Cl+3]([O-])([O-])O. The number of carbonyl (C=O) groups excluding carboxylic acids is 2. The molecule has 3 N–H and O–H groups in total. The number of carbonyl (C=O) groups is 2. The first-order chi connectivity index (χ1) is 14.0. The van der Waals surface area contributed by atoms with Crippen molar-refractivity contribution in [3.63, 3.8) is 0 Å². The van der Waals surface area contributed by atoms with E-state index in [1.807, 2.05) is 0 Å². The number of hydrogen-bond donors (Lipinski definition) is 3. The average Bonchev–Trinajstić information content (AvgIpc) is 2.62. The molecule has 0 amide bonds. The molecule has 0 aromatic heterocycles. The minimum absolute atomic E-state index is 0. The Kier molecular flexibility index (Phi) is 35.0. The summed E-state index contributed by atoms with van der Waals surface area (Å²) < 4.78 is 32.7. The van der Waals surface area contributed by atoms with Gasteiger partial charge in [-0.1, -0.05) is 0 Å². The predicted octanol–water partition coefficient (Wildman–Crippen LogP) is 0.940. The van der Waals surface area contributed by atoms with Gasteiger partial charge < -0.3 is 20.8 Å². The molecule has 10 nitrogen and oxygen atoms in total. The number of ketones is 2. The van der Waals surface area contributed by atoms with E-state index in [0.29, 0.717) is 22.9 Å². The molecule has 0 aliphatic carbocycles. The van der Waals surface area contributed by atoms with Gasteiger partial charge in [-0.3, -0.25) is 9.59 Å². The van der Waals surface area contributed by atoms with Crippen molar-refractivity contribution in [2.45, 2.75) is 41.5 Å². The van der Waals surface area contributed by atoms with Crippen LogP contribution in [0.4, 0.5) is 0 Å². The van der Waals surface area contributed by atoms with Crippen LogP contribution in [0.5, 0.6) is 0 Å². The Morgan fingerprint density at radius 1 is 0.719 bits per heavy atom. The van der Waals surface area contributed by atoms with Gasteiger partial charge in [-0.05, 0) is 41.5 Å². The van der Waals surface area contributed by atoms with E-state index < -0.39 is 10.2 Å². The van der Waals surface area contributed by atoms with Crippen molar-refractivity contribution in [1.29, 1.82) is 0 Å². The van der Waals surface area contributed by atoms with E-state index in [1.165, 1.54) is 27.7 Å². The molecule has 0 aromatic carbocycles. The Labute approximate surface area is 212 Å². The van der Waals surface area contributed by atoms with Gasteiger partial charge in [-0.2, -0.15) is 27.1 Å². The molecule has 0 spiro atoms. The molecule has 0 rings (SSSR count). The molecule has 0 saturated heterocycles. The summed E-state index contributed by atoms with van der Waals surface area (Å²) in [7, 11) is -4.69. The molecular weight excluding hydrogens is 537 g/mol. The smallest absolute Gasteiger partial charge is 0.663 e. The average molecular weight is 571 g/mol. The number of Topliss-reactive ketones (excluding diaryl/α,β-unsaturated/α-hetero) is 2. The van der Waals surface area contributed by atoms with Crippen molar-refractivity contribution >= 4 is 34.8 Å². The molecule has 0 fully saturated rings. The first kappa shape index (κ1) is 41.8. The molecule has 0 aliphatic rings. The van der Waals surface area contributed by atoms with Gasteiger partial charge in [0.2, 0.25) is 0 Å². The number of aliphatic hydroxyl groups excluding tert-OH is 2. The van der Waals surface area contributed by atoms with Gasteiger partial charge in [0.1, 0.15) is 0 Å². The monoisotopic (exact) mass is 569 g/mol. The number of alkyl halides is 2. The fraction of sp³-hybridized carbons (Fsp3) is 0.667. The summed E-state index contributed by atoms with van der Waals surface area (Å²) in [6.07, 6.45) is 0. The van der Waals surface area contributed by atoms with Crippen molar-refractivity contribution in [3.05, 3.63) is 33.3 Å². The molecule has 14 heteroatoms. The number of nitrogens with zero attached hydrogens (tertiary/aromatic N) is 2. The van der Waals surface area contributed by atoms with Crippen molar-refractivity contribution in [2.75, 3.05) is 37.9 Å². The summed E-state index contributed by atoms with van der Waals surface area (Å²) >= 11 is 10.8. The quantitative estimate of drug-likeness (QED) is 0.158. The first-order valence-corrected chi connectivity index (χ1v) is 11.1. The molecule has 0 unspecified atom stereocenters. The Morgan fingerprint density at radius 3 is 1.03 bits per heavy atom. The van der Waals surface area contributed by atoms with E-state index >= 15 is 0 Å². The zero-order valence-corrected chi connectivity index (χ0v) is 22.3. The molecule has 0 aliphatic heterocycles. The summed E-state index contributed by atoms with van der Waals surface area (Å²) in [6.45, 7) is 12.1. The van der Waals surface area contributed by atoms with Crippen LogP contribution < -0.4 is 14.0 Å². The molecule has 0 saturated carbocycles. The molecule has 32 heavy (non-hydrogen) atoms. The topological polar surface area (TPSA) is 192 Å². The minimum Gasteiger partial charge on any atom is -0.663 e. The van der Waals surface area contributed by atoms with Gasteiger partial charge >= 0.3 is 16.8 Å². The van der Waals surface area contributed by atoms with Crippen molar-refractivity contribution in [2.24, 2.45) is 0 Å². The van der Waals surface area contributed by atoms with Gasteiger partial charge in [-0.25, -0.2) is 0 Å². The maximum Gasteiger partial charge on any atom is 2.00 e. The van der Waals surface area contributed by atoms with E-state index in [9.17, 15) is 9.59 Å². The number of aliphatic hydroxyl groups is 2. The summed E-state index contributed by atoms with van der Waals surface area (Å²) in [5.74, 6) is 1.27. The number of allylic oxidation sites excluding steroid dienone is 4. The van der Waals surface area contributed by atoms with Crippen molar-refractivity contribution in [3.8, 4) is 0 Å². The van der Waals surface area contributed by atoms with Crippen LogP contribution in [0.3, 0.4) is 0 Å². The van der Waals surface area contributed by atoms with E-state index in [4.69, 9.17) is 52.1 Å². The van der Waals surface area contributed by atoms with E-state index in [-0.39, 0.29) is 39.9 Å². The largest absolute Gasteiger partial charge is 2.00 e. The normalized spacial score (nSPS) is 11.5. The van der Waals surface area contributed by atoms with Crippen molar-refractivity contribution < 1.29 is 65.5 Å². The molecule has 0 bridgehead atoms. The maximum absolute atomic E-state index is 10.4. The predicted molar refractivity (Wildman–Crippen MR) is 113 cm³/mol. The maximum atomic E-state index is 10.4. The summed E-state index contributed by atoms with van der Waals surface area (Å²) in [4.78, 5) is 20.7. The Bertz CT molecular complexity index is 501. The second kappa shape index (κ2) is 26.8. The van der Waals surface area contributed by atoms with Crippen LogP contribution in [0.2, 0.25) is 0 Å². The Hall–Kier alpha value is -0.444. The molecular formula is C18H33Cl3CoN2O8. The van der Waals surface area contributed by atoms with Crippen molar-refractivity contribution in [1.82, 2.24) is 0 Å². The minimum atomic E-state index is -4.69. The third-order valence-electron chi connectivity index (χ3n) is 3.04. The van der Waals surface area contributed by atoms with Gasteiger partial charge in [0.05, 0.1) is 26.4 Å². The van der Waals surface area contributed by atoms with Crippen LogP contribution in [0.25, 0.3) is 10.6 Å². The van der Waals surface area contributed by atoms with Crippen LogP contribution in [0.1, 0.15) is 41.5 Å². The molecule has 1 radical (unpaired) electrons. The van der Waals surface area contributed by atoms with E-state index in [1.54, 1.807) is 13.8 Å². The first-order valence-electron chi connectivity index (χ1n) is 8.79. The second-order valence-corrected chi connectivity index (χ2v) is 7.20. The van der Waals surface area contributed by atoms with Gasteiger partial charge in [0, 0.05) is 22.9 Å². The zero-order chi connectivity index (χ0) is 25.6. The zero-order valence-electron chi connectivity index (χ0n) is 19.0. The van der Waals surface area contributed by atoms with Crippen LogP contribution >= 0.6 is 23.2 Å². The standard InChI is InChI=1S/C6H12Cl2N2.2C6H10O2.ClHO4.Co/c7-1-3-9-5-6-10-4-2-8;2*1-4(5(2)7)6(3)8;2-1(3,4)5;/h1-6H2;2*7H,1-3H3;(H,2,3,4,5);/q-2;;;;+2/b;2*5-4-;;. The third-order valence-corrected chi connectivity index (χ3v) is 3.38. The van der Waals surface area contributed by atoms with Gasteiger partial charge in [0.15, 0.2) is 11.6 Å². The Morgan fingerprint density at radius 2 is 0.938 bits per heavy atom. The van der Waals surface area contributed by atoms with Crippen LogP contribution in [-0.2, 0) is 26.4 Å². The molecule has 0 atom stereocenters. The molecule has 0 heterocycles. The van der Waals surface area contributed by atoms with Crippen LogP contribution in [0.15, 0.2) is 22.7 Å². The molecule has 193 valence electrons.